The summed E-state index contributed by atoms with van der Waals surface area (Å²) in [7, 11) is 1.74. The first-order chi connectivity index (χ1) is 11.8. The number of nitrogens with one attached hydrogen (secondary N) is 2. The van der Waals surface area contributed by atoms with E-state index >= 15 is 0 Å². The monoisotopic (exact) mass is 477 g/mol. The zero-order valence-electron chi connectivity index (χ0n) is 16.4. The van der Waals surface area contributed by atoms with E-state index < -0.39 is 4.92 Å². The van der Waals surface area contributed by atoms with Crippen LogP contribution < -0.4 is 10.6 Å². The standard InChI is InChI=1S/C18H31N5O2.HI/c1-14(2)22(15(3)4)12-6-11-20-18(19-5)21-13-16-7-9-17(10-8-16)23(24)25;/h7-10,14-15H,6,11-13H2,1-5H3,(H2,19,20,21);1H. The molecule has 1 aromatic carbocycles. The SMILES string of the molecule is CN=C(NCCCN(C(C)C)C(C)C)NCc1ccc([N+](=O)[O-])cc1.I. The number of nitro benzene ring substituents is 1. The topological polar surface area (TPSA) is 82.8 Å². The van der Waals surface area contributed by atoms with Crippen LogP contribution in [0.5, 0.6) is 0 Å². The number of hydrogen-bond acceptors (Lipinski definition) is 4. The molecular formula is C18H32IN5O2. The summed E-state index contributed by atoms with van der Waals surface area (Å²) in [5.41, 5.74) is 1.07. The number of hydrogen-bond donors (Lipinski definition) is 2. The first kappa shape index (κ1) is 24.6. The highest BCUT2D eigenvalue weighted by molar-refractivity contribution is 14.0. The Morgan fingerprint density at radius 2 is 1.73 bits per heavy atom. The van der Waals surface area contributed by atoms with Gasteiger partial charge in [0.05, 0.1) is 4.92 Å². The van der Waals surface area contributed by atoms with Crippen molar-refractivity contribution in [2.45, 2.75) is 52.7 Å². The zero-order chi connectivity index (χ0) is 18.8. The Hall–Kier alpha value is -1.42. The van der Waals surface area contributed by atoms with Crippen molar-refractivity contribution in [1.82, 2.24) is 15.5 Å². The van der Waals surface area contributed by atoms with Gasteiger partial charge in [0, 0.05) is 50.9 Å². The van der Waals surface area contributed by atoms with Crippen LogP contribution in [0, 0.1) is 10.1 Å². The average molecular weight is 477 g/mol. The van der Waals surface area contributed by atoms with Gasteiger partial charge in [0.1, 0.15) is 0 Å². The average Bonchev–Trinajstić information content (AvgIpc) is 2.57. The summed E-state index contributed by atoms with van der Waals surface area (Å²) in [5.74, 6) is 0.735. The van der Waals surface area contributed by atoms with E-state index in [1.165, 1.54) is 12.1 Å². The minimum absolute atomic E-state index is 0. The van der Waals surface area contributed by atoms with Crippen LogP contribution in [0.2, 0.25) is 0 Å². The Morgan fingerprint density at radius 1 is 1.15 bits per heavy atom. The third-order valence-corrected chi connectivity index (χ3v) is 4.04. The Bertz CT molecular complexity index is 553. The summed E-state index contributed by atoms with van der Waals surface area (Å²) in [6, 6.07) is 7.61. The molecule has 2 N–H and O–H groups in total. The molecule has 0 amide bonds. The van der Waals surface area contributed by atoms with Crippen molar-refractivity contribution in [3.63, 3.8) is 0 Å². The molecule has 0 spiro atoms. The van der Waals surface area contributed by atoms with Gasteiger partial charge in [0.2, 0.25) is 0 Å². The first-order valence-corrected chi connectivity index (χ1v) is 8.78. The molecule has 0 atom stereocenters. The minimum Gasteiger partial charge on any atom is -0.356 e. The van der Waals surface area contributed by atoms with Gasteiger partial charge in [-0.15, -0.1) is 24.0 Å². The van der Waals surface area contributed by atoms with Gasteiger partial charge in [-0.2, -0.15) is 0 Å². The van der Waals surface area contributed by atoms with Crippen LogP contribution >= 0.6 is 24.0 Å². The van der Waals surface area contributed by atoms with Crippen molar-refractivity contribution in [1.29, 1.82) is 0 Å². The van der Waals surface area contributed by atoms with E-state index in [9.17, 15) is 10.1 Å². The fourth-order valence-electron chi connectivity index (χ4n) is 2.72. The van der Waals surface area contributed by atoms with Gasteiger partial charge < -0.3 is 10.6 Å². The van der Waals surface area contributed by atoms with Crippen molar-refractivity contribution >= 4 is 35.6 Å². The normalized spacial score (nSPS) is 11.6. The molecule has 0 heterocycles. The number of aliphatic imine (C=N–C) groups is 1. The number of nitro groups is 1. The highest BCUT2D eigenvalue weighted by atomic mass is 127. The van der Waals surface area contributed by atoms with Gasteiger partial charge in [-0.1, -0.05) is 12.1 Å². The lowest BCUT2D eigenvalue weighted by atomic mass is 10.2. The lowest BCUT2D eigenvalue weighted by Gasteiger charge is -2.30. The molecule has 1 aromatic rings. The van der Waals surface area contributed by atoms with Crippen LogP contribution in [0.3, 0.4) is 0 Å². The summed E-state index contributed by atoms with van der Waals surface area (Å²) in [6.07, 6.45) is 1.04. The lowest BCUT2D eigenvalue weighted by molar-refractivity contribution is -0.384. The van der Waals surface area contributed by atoms with E-state index in [4.69, 9.17) is 0 Å². The number of non-ortho nitro benzene ring substituents is 1. The third-order valence-electron chi connectivity index (χ3n) is 4.04. The first-order valence-electron chi connectivity index (χ1n) is 8.78. The zero-order valence-corrected chi connectivity index (χ0v) is 18.7. The Morgan fingerprint density at radius 3 is 2.19 bits per heavy atom. The second kappa shape index (κ2) is 12.9. The van der Waals surface area contributed by atoms with Crippen molar-refractivity contribution in [2.24, 2.45) is 4.99 Å². The fraction of sp³-hybridized carbons (Fsp3) is 0.611. The van der Waals surface area contributed by atoms with Gasteiger partial charge in [-0.3, -0.25) is 20.0 Å². The minimum atomic E-state index is -0.394. The lowest BCUT2D eigenvalue weighted by Crippen LogP contribution is -2.41. The van der Waals surface area contributed by atoms with Crippen molar-refractivity contribution in [3.05, 3.63) is 39.9 Å². The van der Waals surface area contributed by atoms with Gasteiger partial charge in [0.25, 0.3) is 5.69 Å². The number of rotatable bonds is 9. The van der Waals surface area contributed by atoms with Crippen LogP contribution in [0.4, 0.5) is 5.69 Å². The van der Waals surface area contributed by atoms with Crippen LogP contribution in [-0.4, -0.2) is 48.0 Å². The van der Waals surface area contributed by atoms with E-state index in [1.807, 2.05) is 0 Å². The Kier molecular flexibility index (Phi) is 12.2. The van der Waals surface area contributed by atoms with E-state index in [1.54, 1.807) is 19.2 Å². The molecule has 0 saturated heterocycles. The molecule has 1 rings (SSSR count). The molecule has 0 aliphatic heterocycles. The second-order valence-electron chi connectivity index (χ2n) is 6.55. The Balaban J connectivity index is 0.00000625. The van der Waals surface area contributed by atoms with Gasteiger partial charge in [-0.05, 0) is 39.7 Å². The maximum absolute atomic E-state index is 10.7. The van der Waals surface area contributed by atoms with Crippen LogP contribution in [0.15, 0.2) is 29.3 Å². The smallest absolute Gasteiger partial charge is 0.269 e. The largest absolute Gasteiger partial charge is 0.356 e. The van der Waals surface area contributed by atoms with E-state index in [0.29, 0.717) is 18.6 Å². The summed E-state index contributed by atoms with van der Waals surface area (Å²) in [6.45, 7) is 11.3. The summed E-state index contributed by atoms with van der Waals surface area (Å²) in [4.78, 5) is 16.9. The molecule has 8 heteroatoms. The Labute approximate surface area is 173 Å². The van der Waals surface area contributed by atoms with Crippen LogP contribution in [0.1, 0.15) is 39.7 Å². The number of benzene rings is 1. The van der Waals surface area contributed by atoms with E-state index in [-0.39, 0.29) is 29.7 Å². The van der Waals surface area contributed by atoms with Gasteiger partial charge >= 0.3 is 0 Å². The number of halogens is 1. The molecule has 0 saturated carbocycles. The quantitative estimate of drug-likeness (QED) is 0.142. The van der Waals surface area contributed by atoms with Crippen molar-refractivity contribution in [2.75, 3.05) is 20.1 Å². The molecule has 0 radical (unpaired) electrons. The highest BCUT2D eigenvalue weighted by Crippen LogP contribution is 2.11. The van der Waals surface area contributed by atoms with E-state index in [2.05, 4.69) is 48.2 Å². The summed E-state index contributed by atoms with van der Waals surface area (Å²) < 4.78 is 0. The third kappa shape index (κ3) is 8.79. The second-order valence-corrected chi connectivity index (χ2v) is 6.55. The summed E-state index contributed by atoms with van der Waals surface area (Å²) >= 11 is 0. The van der Waals surface area contributed by atoms with Gasteiger partial charge in [-0.25, -0.2) is 0 Å². The molecule has 0 fully saturated rings. The van der Waals surface area contributed by atoms with Crippen LogP contribution in [-0.2, 0) is 6.54 Å². The molecule has 148 valence electrons. The molecule has 0 aliphatic rings. The molecular weight excluding hydrogens is 445 g/mol. The number of nitrogens with zero attached hydrogens (tertiary/aromatic N) is 3. The molecule has 0 unspecified atom stereocenters. The maximum atomic E-state index is 10.7. The predicted molar refractivity (Wildman–Crippen MR) is 118 cm³/mol. The highest BCUT2D eigenvalue weighted by Gasteiger charge is 2.12. The van der Waals surface area contributed by atoms with Crippen molar-refractivity contribution < 1.29 is 4.92 Å². The van der Waals surface area contributed by atoms with Crippen molar-refractivity contribution in [3.8, 4) is 0 Å². The van der Waals surface area contributed by atoms with Crippen LogP contribution in [0.25, 0.3) is 0 Å². The van der Waals surface area contributed by atoms with E-state index in [0.717, 1.165) is 31.0 Å². The molecule has 0 aliphatic carbocycles. The van der Waals surface area contributed by atoms with Gasteiger partial charge in [0.15, 0.2) is 5.96 Å². The molecule has 0 bridgehead atoms. The summed E-state index contributed by atoms with van der Waals surface area (Å²) in [5, 5.41) is 17.2. The number of guanidine groups is 1. The maximum Gasteiger partial charge on any atom is 0.269 e. The molecule has 0 aromatic heterocycles. The fourth-order valence-corrected chi connectivity index (χ4v) is 2.72. The molecule has 7 nitrogen and oxygen atoms in total. The predicted octanol–water partition coefficient (Wildman–Crippen LogP) is 3.39. The molecule has 26 heavy (non-hydrogen) atoms.